The van der Waals surface area contributed by atoms with Crippen LogP contribution < -0.4 is 4.90 Å². The van der Waals surface area contributed by atoms with E-state index < -0.39 is 0 Å². The van der Waals surface area contributed by atoms with Crippen LogP contribution in [0.4, 0.5) is 11.4 Å². The summed E-state index contributed by atoms with van der Waals surface area (Å²) in [4.78, 5) is 2.21. The third-order valence-electron chi connectivity index (χ3n) is 3.88. The highest BCUT2D eigenvalue weighted by atomic mass is 35.5. The molecule has 0 fully saturated rings. The van der Waals surface area contributed by atoms with Gasteiger partial charge in [-0.2, -0.15) is 0 Å². The molecule has 0 saturated heterocycles. The van der Waals surface area contributed by atoms with Gasteiger partial charge in [-0.15, -0.1) is 0 Å². The maximum absolute atomic E-state index is 6.14. The van der Waals surface area contributed by atoms with Gasteiger partial charge in [0.1, 0.15) is 0 Å². The molecule has 0 aliphatic carbocycles. The molecule has 1 heterocycles. The molecule has 1 nitrogen and oxygen atoms in total. The van der Waals surface area contributed by atoms with Crippen LogP contribution in [0.15, 0.2) is 60.8 Å². The Morgan fingerprint density at radius 1 is 1.05 bits per heavy atom. The number of halogens is 1. The van der Waals surface area contributed by atoms with Crippen LogP contribution in [0.1, 0.15) is 19.4 Å². The van der Waals surface area contributed by atoms with Gasteiger partial charge in [-0.1, -0.05) is 50.2 Å². The molecular formula is C17H16ClN. The first-order valence-corrected chi connectivity index (χ1v) is 6.74. The minimum atomic E-state index is -0.101. The van der Waals surface area contributed by atoms with Gasteiger partial charge in [0.2, 0.25) is 0 Å². The highest BCUT2D eigenvalue weighted by molar-refractivity contribution is 6.30. The topological polar surface area (TPSA) is 3.24 Å². The summed E-state index contributed by atoms with van der Waals surface area (Å²) in [6.45, 7) is 8.67. The van der Waals surface area contributed by atoms with Crippen molar-refractivity contribution in [2.24, 2.45) is 0 Å². The molecule has 3 rings (SSSR count). The van der Waals surface area contributed by atoms with Gasteiger partial charge in [0.25, 0.3) is 0 Å². The van der Waals surface area contributed by atoms with E-state index in [-0.39, 0.29) is 5.41 Å². The van der Waals surface area contributed by atoms with E-state index in [1.54, 1.807) is 0 Å². The van der Waals surface area contributed by atoms with Gasteiger partial charge >= 0.3 is 0 Å². The SMILES string of the molecule is C=C1N(c2ccccc2)c2ccc(Cl)cc2C1(C)C. The van der Waals surface area contributed by atoms with Crippen LogP contribution in [0, 0.1) is 0 Å². The summed E-state index contributed by atoms with van der Waals surface area (Å²) < 4.78 is 0. The van der Waals surface area contributed by atoms with Crippen LogP contribution in [0.2, 0.25) is 5.02 Å². The molecule has 2 aromatic carbocycles. The second-order valence-electron chi connectivity index (χ2n) is 5.40. The van der Waals surface area contributed by atoms with E-state index in [9.17, 15) is 0 Å². The maximum Gasteiger partial charge on any atom is 0.0501 e. The summed E-state index contributed by atoms with van der Waals surface area (Å²) in [5, 5.41) is 0.773. The van der Waals surface area contributed by atoms with Crippen LogP contribution in [-0.2, 0) is 5.41 Å². The van der Waals surface area contributed by atoms with Crippen LogP contribution >= 0.6 is 11.6 Å². The number of anilines is 2. The van der Waals surface area contributed by atoms with Crippen molar-refractivity contribution < 1.29 is 0 Å². The molecule has 19 heavy (non-hydrogen) atoms. The van der Waals surface area contributed by atoms with Gasteiger partial charge in [-0.05, 0) is 35.9 Å². The van der Waals surface area contributed by atoms with E-state index in [1.165, 1.54) is 11.3 Å². The molecule has 0 radical (unpaired) electrons. The van der Waals surface area contributed by atoms with E-state index in [2.05, 4.69) is 43.5 Å². The van der Waals surface area contributed by atoms with E-state index in [4.69, 9.17) is 11.6 Å². The second kappa shape index (κ2) is 4.14. The minimum absolute atomic E-state index is 0.101. The number of hydrogen-bond acceptors (Lipinski definition) is 1. The Kier molecular flexibility index (Phi) is 2.68. The van der Waals surface area contributed by atoms with Gasteiger partial charge in [-0.25, -0.2) is 0 Å². The van der Waals surface area contributed by atoms with Crippen molar-refractivity contribution in [3.05, 3.63) is 71.4 Å². The largest absolute Gasteiger partial charge is 0.314 e. The Morgan fingerprint density at radius 2 is 1.74 bits per heavy atom. The minimum Gasteiger partial charge on any atom is -0.314 e. The van der Waals surface area contributed by atoms with E-state index in [0.717, 1.165) is 16.4 Å². The standard InChI is InChI=1S/C17H16ClN/c1-12-17(2,3)15-11-13(18)9-10-16(15)19(12)14-7-5-4-6-8-14/h4-11H,1H2,2-3H3. The average molecular weight is 270 g/mol. The lowest BCUT2D eigenvalue weighted by Crippen LogP contribution is -2.21. The summed E-state index contributed by atoms with van der Waals surface area (Å²) in [6.07, 6.45) is 0. The molecule has 0 N–H and O–H groups in total. The number of nitrogens with zero attached hydrogens (tertiary/aromatic N) is 1. The molecule has 0 amide bonds. The third-order valence-corrected chi connectivity index (χ3v) is 4.11. The molecule has 0 spiro atoms. The van der Waals surface area contributed by atoms with Gasteiger partial charge in [0, 0.05) is 21.8 Å². The third kappa shape index (κ3) is 1.77. The molecule has 0 bridgehead atoms. The number of para-hydroxylation sites is 1. The zero-order valence-electron chi connectivity index (χ0n) is 11.2. The number of allylic oxidation sites excluding steroid dienone is 1. The van der Waals surface area contributed by atoms with Gasteiger partial charge < -0.3 is 4.90 Å². The fourth-order valence-corrected chi connectivity index (χ4v) is 2.83. The summed E-state index contributed by atoms with van der Waals surface area (Å²) >= 11 is 6.14. The molecule has 0 unspecified atom stereocenters. The second-order valence-corrected chi connectivity index (χ2v) is 5.84. The van der Waals surface area contributed by atoms with Crippen molar-refractivity contribution in [3.8, 4) is 0 Å². The van der Waals surface area contributed by atoms with Crippen molar-refractivity contribution in [3.63, 3.8) is 0 Å². The average Bonchev–Trinajstić information content (AvgIpc) is 2.59. The van der Waals surface area contributed by atoms with Gasteiger partial charge in [0.05, 0.1) is 5.69 Å². The Labute approximate surface area is 119 Å². The van der Waals surface area contributed by atoms with Crippen molar-refractivity contribution in [2.45, 2.75) is 19.3 Å². The fraction of sp³-hybridized carbons (Fsp3) is 0.176. The van der Waals surface area contributed by atoms with E-state index in [0.29, 0.717) is 0 Å². The van der Waals surface area contributed by atoms with Crippen molar-refractivity contribution in [2.75, 3.05) is 4.90 Å². The van der Waals surface area contributed by atoms with E-state index in [1.807, 2.05) is 30.3 Å². The Balaban J connectivity index is 2.22. The molecular weight excluding hydrogens is 254 g/mol. The lowest BCUT2D eigenvalue weighted by Gasteiger charge is -2.25. The number of benzene rings is 2. The smallest absolute Gasteiger partial charge is 0.0501 e. The van der Waals surface area contributed by atoms with Crippen molar-refractivity contribution >= 4 is 23.0 Å². The molecule has 0 saturated carbocycles. The van der Waals surface area contributed by atoms with Gasteiger partial charge in [0.15, 0.2) is 0 Å². The first kappa shape index (κ1) is 12.3. The number of fused-ring (bicyclic) bond motifs is 1. The van der Waals surface area contributed by atoms with Crippen molar-refractivity contribution in [1.29, 1.82) is 0 Å². The summed E-state index contributed by atoms with van der Waals surface area (Å²) in [5.41, 5.74) is 4.52. The summed E-state index contributed by atoms with van der Waals surface area (Å²) in [5.74, 6) is 0. The molecule has 1 aliphatic rings. The van der Waals surface area contributed by atoms with Crippen LogP contribution in [0.5, 0.6) is 0 Å². The Hall–Kier alpha value is -1.73. The summed E-state index contributed by atoms with van der Waals surface area (Å²) in [7, 11) is 0. The summed E-state index contributed by atoms with van der Waals surface area (Å²) in [6, 6.07) is 16.4. The highest BCUT2D eigenvalue weighted by Gasteiger charge is 2.39. The van der Waals surface area contributed by atoms with Crippen LogP contribution in [0.3, 0.4) is 0 Å². The lowest BCUT2D eigenvalue weighted by molar-refractivity contribution is 0.647. The fourth-order valence-electron chi connectivity index (χ4n) is 2.66. The number of rotatable bonds is 1. The Bertz CT molecular complexity index is 644. The van der Waals surface area contributed by atoms with E-state index >= 15 is 0 Å². The van der Waals surface area contributed by atoms with Gasteiger partial charge in [-0.3, -0.25) is 0 Å². The molecule has 1 aliphatic heterocycles. The molecule has 2 heteroatoms. The first-order valence-electron chi connectivity index (χ1n) is 6.36. The quantitative estimate of drug-likeness (QED) is 0.680. The monoisotopic (exact) mass is 269 g/mol. The predicted octanol–water partition coefficient (Wildman–Crippen LogP) is 5.28. The Morgan fingerprint density at radius 3 is 2.42 bits per heavy atom. The predicted molar refractivity (Wildman–Crippen MR) is 82.2 cm³/mol. The maximum atomic E-state index is 6.14. The zero-order valence-corrected chi connectivity index (χ0v) is 11.9. The zero-order chi connectivity index (χ0) is 13.6. The first-order chi connectivity index (χ1) is 9.01. The van der Waals surface area contributed by atoms with Crippen molar-refractivity contribution in [1.82, 2.24) is 0 Å². The molecule has 0 aromatic heterocycles. The lowest BCUT2D eigenvalue weighted by atomic mass is 9.84. The molecule has 0 atom stereocenters. The normalized spacial score (nSPS) is 16.6. The van der Waals surface area contributed by atoms with Crippen LogP contribution in [0.25, 0.3) is 0 Å². The number of hydrogen-bond donors (Lipinski definition) is 0. The molecule has 96 valence electrons. The van der Waals surface area contributed by atoms with Crippen LogP contribution in [-0.4, -0.2) is 0 Å². The molecule has 2 aromatic rings. The highest BCUT2D eigenvalue weighted by Crippen LogP contribution is 2.50.